The van der Waals surface area contributed by atoms with Crippen molar-refractivity contribution in [2.45, 2.75) is 26.0 Å². The fourth-order valence-electron chi connectivity index (χ4n) is 4.58. The third-order valence-corrected chi connectivity index (χ3v) is 8.12. The highest BCUT2D eigenvalue weighted by atomic mass is 35.5. The number of hydroxylamine groups is 1. The monoisotopic (exact) mass is 530 g/mol. The molecular weight excluding hydrogens is 511 g/mol. The standard InChI is InChI=1S/C25H20Cl2N2O5S/c1-12-13(2)35-24(18(12)25(32)33-3)28-22(30)19-20(16-10-9-14(26)11-17(16)27)29(34-21(19)23(28)31)15-7-5-4-6-8-15/h4-11,19-21H,1-3H3. The molecule has 3 atom stereocenters. The number of thiophene rings is 1. The maximum atomic E-state index is 13.9. The molecule has 2 amide bonds. The number of esters is 1. The van der Waals surface area contributed by atoms with Crippen molar-refractivity contribution in [3.8, 4) is 0 Å². The van der Waals surface area contributed by atoms with Crippen molar-refractivity contribution in [2.75, 3.05) is 17.1 Å². The van der Waals surface area contributed by atoms with E-state index in [1.165, 1.54) is 18.4 Å². The fourth-order valence-corrected chi connectivity index (χ4v) is 6.25. The second kappa shape index (κ2) is 8.95. The molecule has 3 unspecified atom stereocenters. The SMILES string of the molecule is COC(=O)c1c(N2C(=O)C3ON(c4ccccc4)C(c4ccc(Cl)cc4Cl)C3C2=O)sc(C)c1C. The molecule has 5 rings (SSSR count). The van der Waals surface area contributed by atoms with E-state index in [2.05, 4.69) is 0 Å². The average Bonchev–Trinajstić information content (AvgIpc) is 3.44. The molecule has 3 heterocycles. The maximum absolute atomic E-state index is 13.9. The molecule has 0 N–H and O–H groups in total. The van der Waals surface area contributed by atoms with Crippen molar-refractivity contribution in [3.05, 3.63) is 80.1 Å². The smallest absolute Gasteiger partial charge is 0.341 e. The van der Waals surface area contributed by atoms with E-state index in [4.69, 9.17) is 32.8 Å². The lowest BCUT2D eigenvalue weighted by atomic mass is 9.90. The van der Waals surface area contributed by atoms with Crippen LogP contribution in [0.25, 0.3) is 0 Å². The molecule has 0 aliphatic carbocycles. The number of nitrogens with zero attached hydrogens (tertiary/aromatic N) is 2. The Morgan fingerprint density at radius 3 is 2.43 bits per heavy atom. The van der Waals surface area contributed by atoms with Gasteiger partial charge in [-0.3, -0.25) is 14.4 Å². The lowest BCUT2D eigenvalue weighted by molar-refractivity contribution is -0.126. The molecule has 0 bridgehead atoms. The molecule has 0 spiro atoms. The number of imide groups is 1. The second-order valence-corrected chi connectivity index (χ2v) is 10.3. The number of fused-ring (bicyclic) bond motifs is 1. The zero-order chi connectivity index (χ0) is 25.0. The van der Waals surface area contributed by atoms with Gasteiger partial charge >= 0.3 is 5.97 Å². The first kappa shape index (κ1) is 23.8. The highest BCUT2D eigenvalue weighted by Crippen LogP contribution is 2.50. The lowest BCUT2D eigenvalue weighted by Gasteiger charge is -2.29. The van der Waals surface area contributed by atoms with Gasteiger partial charge in [-0.1, -0.05) is 47.5 Å². The van der Waals surface area contributed by atoms with E-state index in [0.29, 0.717) is 26.9 Å². The van der Waals surface area contributed by atoms with Crippen LogP contribution in [0.15, 0.2) is 48.5 Å². The predicted molar refractivity (Wildman–Crippen MR) is 134 cm³/mol. The summed E-state index contributed by atoms with van der Waals surface area (Å²) in [5.41, 5.74) is 2.14. The van der Waals surface area contributed by atoms with E-state index in [1.807, 2.05) is 37.3 Å². The number of para-hydroxylation sites is 1. The molecule has 1 aromatic heterocycles. The summed E-state index contributed by atoms with van der Waals surface area (Å²) >= 11 is 13.9. The third-order valence-electron chi connectivity index (χ3n) is 6.37. The first-order chi connectivity index (χ1) is 16.7. The zero-order valence-corrected chi connectivity index (χ0v) is 21.3. The van der Waals surface area contributed by atoms with E-state index in [1.54, 1.807) is 30.2 Å². The van der Waals surface area contributed by atoms with Gasteiger partial charge in [0.05, 0.1) is 24.4 Å². The lowest BCUT2D eigenvalue weighted by Crippen LogP contribution is -2.37. The van der Waals surface area contributed by atoms with Crippen LogP contribution in [-0.4, -0.2) is 31.0 Å². The van der Waals surface area contributed by atoms with Crippen molar-refractivity contribution in [3.63, 3.8) is 0 Å². The van der Waals surface area contributed by atoms with Gasteiger partial charge in [-0.25, -0.2) is 14.8 Å². The van der Waals surface area contributed by atoms with Crippen LogP contribution in [0.2, 0.25) is 10.0 Å². The van der Waals surface area contributed by atoms with Gasteiger partial charge in [0.2, 0.25) is 5.91 Å². The minimum absolute atomic E-state index is 0.206. The van der Waals surface area contributed by atoms with E-state index in [0.717, 1.165) is 9.78 Å². The Hall–Kier alpha value is -2.91. The third kappa shape index (κ3) is 3.72. The highest BCUT2D eigenvalue weighted by Gasteiger charge is 2.61. The van der Waals surface area contributed by atoms with Gasteiger partial charge in [-0.15, -0.1) is 11.3 Å². The van der Waals surface area contributed by atoms with Crippen LogP contribution in [0.1, 0.15) is 32.4 Å². The molecule has 0 saturated carbocycles. The summed E-state index contributed by atoms with van der Waals surface area (Å²) in [6.07, 6.45) is -1.09. The van der Waals surface area contributed by atoms with Gasteiger partial charge in [-0.05, 0) is 49.2 Å². The minimum Gasteiger partial charge on any atom is -0.465 e. The van der Waals surface area contributed by atoms with Gasteiger partial charge in [0.15, 0.2) is 6.10 Å². The van der Waals surface area contributed by atoms with Crippen LogP contribution in [0, 0.1) is 19.8 Å². The van der Waals surface area contributed by atoms with Crippen molar-refractivity contribution < 1.29 is 24.0 Å². The highest BCUT2D eigenvalue weighted by molar-refractivity contribution is 7.17. The van der Waals surface area contributed by atoms with Crippen LogP contribution in [0.3, 0.4) is 0 Å². The van der Waals surface area contributed by atoms with E-state index >= 15 is 0 Å². The summed E-state index contributed by atoms with van der Waals surface area (Å²) in [5.74, 6) is -2.51. The number of carbonyl (C=O) groups is 3. The largest absolute Gasteiger partial charge is 0.465 e. The molecule has 2 saturated heterocycles. The maximum Gasteiger partial charge on any atom is 0.341 e. The van der Waals surface area contributed by atoms with Gasteiger partial charge in [0, 0.05) is 14.9 Å². The topological polar surface area (TPSA) is 76.2 Å². The first-order valence-corrected chi connectivity index (χ1v) is 12.3. The summed E-state index contributed by atoms with van der Waals surface area (Å²) < 4.78 is 4.94. The molecule has 2 aliphatic rings. The Kier molecular flexibility index (Phi) is 6.09. The van der Waals surface area contributed by atoms with Crippen molar-refractivity contribution >= 4 is 63.0 Å². The quantitative estimate of drug-likeness (QED) is 0.327. The fraction of sp³-hybridized carbons (Fsp3) is 0.240. The van der Waals surface area contributed by atoms with Crippen LogP contribution < -0.4 is 9.96 Å². The summed E-state index contributed by atoms with van der Waals surface area (Å²) in [6, 6.07) is 13.5. The van der Waals surface area contributed by atoms with E-state index in [-0.39, 0.29) is 10.6 Å². The number of hydrogen-bond donors (Lipinski definition) is 0. The van der Waals surface area contributed by atoms with Crippen molar-refractivity contribution in [1.82, 2.24) is 0 Å². The van der Waals surface area contributed by atoms with E-state index in [9.17, 15) is 14.4 Å². The number of methoxy groups -OCH3 is 1. The summed E-state index contributed by atoms with van der Waals surface area (Å²) in [6.45, 7) is 3.59. The number of rotatable bonds is 4. The molecule has 3 aromatic rings. The molecule has 2 aromatic carbocycles. The first-order valence-electron chi connectivity index (χ1n) is 10.8. The van der Waals surface area contributed by atoms with Crippen LogP contribution in [0.5, 0.6) is 0 Å². The van der Waals surface area contributed by atoms with Crippen molar-refractivity contribution in [2.24, 2.45) is 5.92 Å². The molecule has 10 heteroatoms. The Morgan fingerprint density at radius 2 is 1.77 bits per heavy atom. The number of amides is 2. The van der Waals surface area contributed by atoms with Crippen molar-refractivity contribution in [1.29, 1.82) is 0 Å². The molecule has 180 valence electrons. The average molecular weight is 531 g/mol. The summed E-state index contributed by atoms with van der Waals surface area (Å²) in [7, 11) is 1.26. The van der Waals surface area contributed by atoms with E-state index < -0.39 is 35.8 Å². The Bertz CT molecular complexity index is 1360. The predicted octanol–water partition coefficient (Wildman–Crippen LogP) is 5.51. The molecule has 0 radical (unpaired) electrons. The summed E-state index contributed by atoms with van der Waals surface area (Å²) in [5, 5.41) is 2.60. The molecule has 2 fully saturated rings. The van der Waals surface area contributed by atoms with Gasteiger partial charge in [0.25, 0.3) is 5.91 Å². The number of anilines is 2. The second-order valence-electron chi connectivity index (χ2n) is 8.29. The Balaban J connectivity index is 1.63. The van der Waals surface area contributed by atoms with Gasteiger partial charge in [-0.2, -0.15) is 0 Å². The van der Waals surface area contributed by atoms with Crippen LogP contribution in [-0.2, 0) is 19.2 Å². The molecule has 7 nitrogen and oxygen atoms in total. The molecule has 35 heavy (non-hydrogen) atoms. The Labute approximate surface area is 215 Å². The number of ether oxygens (including phenoxy) is 1. The van der Waals surface area contributed by atoms with Gasteiger partial charge in [0.1, 0.15) is 10.9 Å². The van der Waals surface area contributed by atoms with Crippen LogP contribution in [0.4, 0.5) is 10.7 Å². The van der Waals surface area contributed by atoms with Crippen LogP contribution >= 0.6 is 34.5 Å². The number of hydrogen-bond acceptors (Lipinski definition) is 7. The molecular formula is C25H20Cl2N2O5S. The normalized spacial score (nSPS) is 21.6. The summed E-state index contributed by atoms with van der Waals surface area (Å²) in [4.78, 5) is 48.1. The van der Waals surface area contributed by atoms with Gasteiger partial charge < -0.3 is 4.74 Å². The molecule has 2 aliphatic heterocycles. The minimum atomic E-state index is -1.09. The number of benzene rings is 2. The number of halogens is 2. The number of carbonyl (C=O) groups excluding carboxylic acids is 3. The zero-order valence-electron chi connectivity index (χ0n) is 19.0. The Morgan fingerprint density at radius 1 is 1.06 bits per heavy atom. The number of aryl methyl sites for hydroxylation is 1.